The molecule has 0 unspecified atom stereocenters. The molecule has 0 spiro atoms. The number of aryl methyl sites for hydroxylation is 1. The van der Waals surface area contributed by atoms with Crippen molar-refractivity contribution in [1.29, 1.82) is 0 Å². The predicted molar refractivity (Wildman–Crippen MR) is 76.0 cm³/mol. The largest absolute Gasteiger partial charge is 0.351 e. The molecule has 0 aliphatic heterocycles. The highest BCUT2D eigenvalue weighted by Gasteiger charge is 2.34. The molecule has 0 bridgehead atoms. The monoisotopic (exact) mass is 263 g/mol. The molecule has 0 aromatic carbocycles. The Bertz CT molecular complexity index is 430. The van der Waals surface area contributed by atoms with Crippen molar-refractivity contribution in [2.45, 2.75) is 52.9 Å². The molecule has 0 radical (unpaired) electrons. The minimum absolute atomic E-state index is 0.00119. The van der Waals surface area contributed by atoms with Crippen molar-refractivity contribution in [3.05, 3.63) is 17.5 Å². The van der Waals surface area contributed by atoms with Crippen LogP contribution in [0.1, 0.15) is 62.0 Å². The third-order valence-electron chi connectivity index (χ3n) is 4.20. The Kier molecular flexibility index (Phi) is 4.27. The van der Waals surface area contributed by atoms with Gasteiger partial charge in [0.15, 0.2) is 0 Å². The van der Waals surface area contributed by atoms with E-state index in [4.69, 9.17) is 0 Å². The second-order valence-corrected chi connectivity index (χ2v) is 6.40. The van der Waals surface area contributed by atoms with E-state index in [1.54, 1.807) is 6.20 Å². The van der Waals surface area contributed by atoms with Gasteiger partial charge in [0, 0.05) is 12.2 Å². The van der Waals surface area contributed by atoms with Gasteiger partial charge in [0.25, 0.3) is 5.91 Å². The number of hydrogen-bond donors (Lipinski definition) is 2. The molecule has 1 fully saturated rings. The molecule has 1 amide bonds. The van der Waals surface area contributed by atoms with Crippen LogP contribution in [0, 0.1) is 18.3 Å². The van der Waals surface area contributed by atoms with E-state index in [1.165, 1.54) is 32.1 Å². The lowest BCUT2D eigenvalue weighted by Gasteiger charge is -2.31. The van der Waals surface area contributed by atoms with Gasteiger partial charge in [-0.25, -0.2) is 0 Å². The van der Waals surface area contributed by atoms with Gasteiger partial charge in [0.05, 0.1) is 11.8 Å². The summed E-state index contributed by atoms with van der Waals surface area (Å²) in [7, 11) is 0. The van der Waals surface area contributed by atoms with Crippen molar-refractivity contribution >= 4 is 5.91 Å². The fourth-order valence-corrected chi connectivity index (χ4v) is 3.39. The molecule has 19 heavy (non-hydrogen) atoms. The number of hydrogen-bond acceptors (Lipinski definition) is 2. The Morgan fingerprint density at radius 3 is 2.68 bits per heavy atom. The zero-order valence-corrected chi connectivity index (χ0v) is 12.3. The summed E-state index contributed by atoms with van der Waals surface area (Å²) < 4.78 is 0. The summed E-state index contributed by atoms with van der Waals surface area (Å²) in [5.74, 6) is 0.687. The van der Waals surface area contributed by atoms with Gasteiger partial charge in [-0.3, -0.25) is 9.89 Å². The smallest absolute Gasteiger partial charge is 0.254 e. The summed E-state index contributed by atoms with van der Waals surface area (Å²) in [5.41, 5.74) is 1.82. The average Bonchev–Trinajstić information content (AvgIpc) is 2.95. The van der Waals surface area contributed by atoms with Crippen molar-refractivity contribution in [2.75, 3.05) is 6.54 Å². The molecular weight excluding hydrogens is 238 g/mol. The fraction of sp³-hybridized carbons (Fsp3) is 0.733. The van der Waals surface area contributed by atoms with Crippen molar-refractivity contribution in [3.63, 3.8) is 0 Å². The predicted octanol–water partition coefficient (Wildman–Crippen LogP) is 3.05. The number of rotatable bonds is 5. The summed E-state index contributed by atoms with van der Waals surface area (Å²) in [6.45, 7) is 7.21. The summed E-state index contributed by atoms with van der Waals surface area (Å²) >= 11 is 0. The maximum Gasteiger partial charge on any atom is 0.254 e. The van der Waals surface area contributed by atoms with Crippen LogP contribution in [-0.4, -0.2) is 22.6 Å². The number of aromatic amines is 1. The second kappa shape index (κ2) is 5.76. The molecule has 4 nitrogen and oxygen atoms in total. The number of carbonyl (C=O) groups excluding carboxylic acids is 1. The van der Waals surface area contributed by atoms with Crippen molar-refractivity contribution in [3.8, 4) is 0 Å². The van der Waals surface area contributed by atoms with E-state index in [-0.39, 0.29) is 5.91 Å². The van der Waals surface area contributed by atoms with Crippen LogP contribution in [-0.2, 0) is 0 Å². The third-order valence-corrected chi connectivity index (χ3v) is 4.20. The first-order valence-corrected chi connectivity index (χ1v) is 7.31. The summed E-state index contributed by atoms with van der Waals surface area (Å²) in [6, 6.07) is 0. The number of nitrogens with one attached hydrogen (secondary N) is 2. The fourth-order valence-electron chi connectivity index (χ4n) is 3.39. The molecule has 2 rings (SSSR count). The van der Waals surface area contributed by atoms with Gasteiger partial charge in [-0.1, -0.05) is 26.7 Å². The first-order valence-electron chi connectivity index (χ1n) is 7.31. The van der Waals surface area contributed by atoms with Crippen molar-refractivity contribution in [1.82, 2.24) is 15.5 Å². The molecule has 4 heteroatoms. The highest BCUT2D eigenvalue weighted by Crippen LogP contribution is 2.42. The molecular formula is C15H25N3O. The van der Waals surface area contributed by atoms with Gasteiger partial charge < -0.3 is 5.32 Å². The molecule has 2 N–H and O–H groups in total. The lowest BCUT2D eigenvalue weighted by atomic mass is 9.78. The lowest BCUT2D eigenvalue weighted by molar-refractivity contribution is 0.0921. The molecule has 0 atom stereocenters. The van der Waals surface area contributed by atoms with E-state index in [0.29, 0.717) is 16.9 Å². The maximum absolute atomic E-state index is 12.1. The molecule has 1 aliphatic rings. The highest BCUT2D eigenvalue weighted by atomic mass is 16.1. The zero-order valence-electron chi connectivity index (χ0n) is 12.3. The van der Waals surface area contributed by atoms with Crippen molar-refractivity contribution < 1.29 is 4.79 Å². The van der Waals surface area contributed by atoms with E-state index in [9.17, 15) is 4.79 Å². The first-order chi connectivity index (χ1) is 9.02. The Hall–Kier alpha value is -1.32. The number of nitrogens with zero attached hydrogens (tertiary/aromatic N) is 1. The van der Waals surface area contributed by atoms with Crippen LogP contribution < -0.4 is 5.32 Å². The summed E-state index contributed by atoms with van der Waals surface area (Å²) in [5, 5.41) is 9.83. The quantitative estimate of drug-likeness (QED) is 0.857. The number of H-pyrrole nitrogens is 1. The number of amides is 1. The lowest BCUT2D eigenvalue weighted by Crippen LogP contribution is -2.37. The van der Waals surface area contributed by atoms with Crippen LogP contribution in [0.4, 0.5) is 0 Å². The van der Waals surface area contributed by atoms with E-state index in [1.807, 2.05) is 6.92 Å². The van der Waals surface area contributed by atoms with Gasteiger partial charge in [-0.15, -0.1) is 0 Å². The van der Waals surface area contributed by atoms with Crippen LogP contribution in [0.5, 0.6) is 0 Å². The molecule has 1 saturated carbocycles. The summed E-state index contributed by atoms with van der Waals surface area (Å²) in [4.78, 5) is 12.1. The van der Waals surface area contributed by atoms with Gasteiger partial charge in [-0.2, -0.15) is 5.10 Å². The zero-order chi connectivity index (χ0) is 13.9. The maximum atomic E-state index is 12.1. The standard InChI is InChI=1S/C15H25N3O/c1-11(2)8-15(6-4-5-7-15)10-16-14(19)13-9-17-18-12(13)3/h9,11H,4-8,10H2,1-3H3,(H,16,19)(H,17,18). The van der Waals surface area contributed by atoms with Crippen LogP contribution in [0.25, 0.3) is 0 Å². The van der Waals surface area contributed by atoms with Crippen molar-refractivity contribution in [2.24, 2.45) is 11.3 Å². The van der Waals surface area contributed by atoms with Gasteiger partial charge >= 0.3 is 0 Å². The van der Waals surface area contributed by atoms with Crippen LogP contribution >= 0.6 is 0 Å². The van der Waals surface area contributed by atoms with Gasteiger partial charge in [0.1, 0.15) is 0 Å². The van der Waals surface area contributed by atoms with Crippen LogP contribution in [0.2, 0.25) is 0 Å². The normalized spacial score (nSPS) is 17.9. The van der Waals surface area contributed by atoms with Gasteiger partial charge in [-0.05, 0) is 37.5 Å². The van der Waals surface area contributed by atoms with E-state index in [0.717, 1.165) is 12.2 Å². The topological polar surface area (TPSA) is 57.8 Å². The van der Waals surface area contributed by atoms with Gasteiger partial charge in [0.2, 0.25) is 0 Å². The van der Waals surface area contributed by atoms with E-state index in [2.05, 4.69) is 29.4 Å². The molecule has 1 heterocycles. The molecule has 0 saturated heterocycles. The number of aromatic nitrogens is 2. The Morgan fingerprint density at radius 2 is 2.16 bits per heavy atom. The SMILES string of the molecule is Cc1[nH]ncc1C(=O)NCC1(CC(C)C)CCCC1. The third kappa shape index (κ3) is 3.37. The molecule has 1 aromatic heterocycles. The summed E-state index contributed by atoms with van der Waals surface area (Å²) in [6.07, 6.45) is 7.90. The minimum Gasteiger partial charge on any atom is -0.351 e. The Labute approximate surface area is 115 Å². The second-order valence-electron chi connectivity index (χ2n) is 6.40. The van der Waals surface area contributed by atoms with E-state index >= 15 is 0 Å². The average molecular weight is 263 g/mol. The number of carbonyl (C=O) groups is 1. The highest BCUT2D eigenvalue weighted by molar-refractivity contribution is 5.94. The first kappa shape index (κ1) is 14.1. The Balaban J connectivity index is 1.96. The van der Waals surface area contributed by atoms with Crippen LogP contribution in [0.3, 0.4) is 0 Å². The minimum atomic E-state index is 0.00119. The molecule has 1 aromatic rings. The Morgan fingerprint density at radius 1 is 1.47 bits per heavy atom. The molecule has 106 valence electrons. The van der Waals surface area contributed by atoms with Crippen LogP contribution in [0.15, 0.2) is 6.20 Å². The van der Waals surface area contributed by atoms with E-state index < -0.39 is 0 Å². The molecule has 1 aliphatic carbocycles.